The van der Waals surface area contributed by atoms with Crippen molar-refractivity contribution in [3.05, 3.63) is 59.0 Å². The van der Waals surface area contributed by atoms with Crippen molar-refractivity contribution in [2.75, 3.05) is 0 Å². The van der Waals surface area contributed by atoms with Crippen LogP contribution in [-0.2, 0) is 19.1 Å². The molecule has 0 aliphatic heterocycles. The SMILES string of the molecule is O=C(NC1CCCc2occc21)N(Cc1ccc(C(F)(F)F)cc1)C1CC1. The van der Waals surface area contributed by atoms with E-state index in [4.69, 9.17) is 4.42 Å². The van der Waals surface area contributed by atoms with E-state index in [0.717, 1.165) is 55.6 Å². The number of amides is 2. The lowest BCUT2D eigenvalue weighted by Crippen LogP contribution is -2.43. The van der Waals surface area contributed by atoms with Crippen molar-refractivity contribution in [3.8, 4) is 0 Å². The van der Waals surface area contributed by atoms with Gasteiger partial charge in [-0.3, -0.25) is 0 Å². The zero-order valence-electron chi connectivity index (χ0n) is 14.8. The van der Waals surface area contributed by atoms with Gasteiger partial charge in [0.25, 0.3) is 0 Å². The summed E-state index contributed by atoms with van der Waals surface area (Å²) in [6.45, 7) is 0.305. The van der Waals surface area contributed by atoms with E-state index in [9.17, 15) is 18.0 Å². The predicted molar refractivity (Wildman–Crippen MR) is 92.9 cm³/mol. The van der Waals surface area contributed by atoms with Crippen LogP contribution in [0.3, 0.4) is 0 Å². The molecule has 4 nitrogen and oxygen atoms in total. The highest BCUT2D eigenvalue weighted by molar-refractivity contribution is 5.75. The normalized spacial score (nSPS) is 19.4. The van der Waals surface area contributed by atoms with E-state index in [1.165, 1.54) is 12.1 Å². The number of furan rings is 1. The lowest BCUT2D eigenvalue weighted by Gasteiger charge is -2.28. The molecule has 2 aliphatic rings. The third-order valence-electron chi connectivity index (χ3n) is 5.23. The minimum absolute atomic E-state index is 0.0751. The van der Waals surface area contributed by atoms with Crippen LogP contribution < -0.4 is 5.32 Å². The van der Waals surface area contributed by atoms with Crippen molar-refractivity contribution >= 4 is 6.03 Å². The van der Waals surface area contributed by atoms with Gasteiger partial charge in [-0.25, -0.2) is 4.79 Å². The number of urea groups is 1. The molecule has 1 heterocycles. The van der Waals surface area contributed by atoms with Gasteiger partial charge >= 0.3 is 12.2 Å². The highest BCUT2D eigenvalue weighted by atomic mass is 19.4. The van der Waals surface area contributed by atoms with E-state index < -0.39 is 11.7 Å². The number of hydrogen-bond donors (Lipinski definition) is 1. The van der Waals surface area contributed by atoms with Gasteiger partial charge in [-0.2, -0.15) is 13.2 Å². The third-order valence-corrected chi connectivity index (χ3v) is 5.23. The predicted octanol–water partition coefficient (Wildman–Crippen LogP) is 5.05. The molecule has 144 valence electrons. The first-order chi connectivity index (χ1) is 12.9. The zero-order chi connectivity index (χ0) is 19.0. The minimum atomic E-state index is -4.35. The molecule has 1 aromatic heterocycles. The summed E-state index contributed by atoms with van der Waals surface area (Å²) < 4.78 is 43.6. The number of aryl methyl sites for hydroxylation is 1. The van der Waals surface area contributed by atoms with Crippen LogP contribution in [0.2, 0.25) is 0 Å². The summed E-state index contributed by atoms with van der Waals surface area (Å²) in [6, 6.07) is 6.83. The first-order valence-corrected chi connectivity index (χ1v) is 9.21. The maximum absolute atomic E-state index is 12.9. The van der Waals surface area contributed by atoms with Crippen molar-refractivity contribution < 1.29 is 22.4 Å². The van der Waals surface area contributed by atoms with E-state index in [1.54, 1.807) is 11.2 Å². The lowest BCUT2D eigenvalue weighted by molar-refractivity contribution is -0.137. The molecule has 2 aromatic rings. The molecule has 1 unspecified atom stereocenters. The van der Waals surface area contributed by atoms with E-state index >= 15 is 0 Å². The number of benzene rings is 1. The molecule has 1 saturated carbocycles. The van der Waals surface area contributed by atoms with Gasteiger partial charge in [0.05, 0.1) is 17.9 Å². The number of halogens is 3. The summed E-state index contributed by atoms with van der Waals surface area (Å²) >= 11 is 0. The summed E-state index contributed by atoms with van der Waals surface area (Å²) in [5.41, 5.74) is 1.04. The zero-order valence-corrected chi connectivity index (χ0v) is 14.8. The van der Waals surface area contributed by atoms with E-state index in [1.807, 2.05) is 6.07 Å². The van der Waals surface area contributed by atoms with Crippen LogP contribution in [0.25, 0.3) is 0 Å². The number of alkyl halides is 3. The Kier molecular flexibility index (Phi) is 4.61. The Balaban J connectivity index is 1.45. The molecule has 7 heteroatoms. The average Bonchev–Trinajstić information content (AvgIpc) is 3.35. The number of fused-ring (bicyclic) bond motifs is 1. The molecule has 4 rings (SSSR count). The topological polar surface area (TPSA) is 45.5 Å². The fourth-order valence-corrected chi connectivity index (χ4v) is 3.62. The summed E-state index contributed by atoms with van der Waals surface area (Å²) in [5.74, 6) is 0.923. The monoisotopic (exact) mass is 378 g/mol. The van der Waals surface area contributed by atoms with Crippen LogP contribution in [0.5, 0.6) is 0 Å². The second-order valence-electron chi connectivity index (χ2n) is 7.25. The second kappa shape index (κ2) is 6.94. The van der Waals surface area contributed by atoms with E-state index in [0.29, 0.717) is 12.1 Å². The summed E-state index contributed by atoms with van der Waals surface area (Å²) in [6.07, 6.45) is 1.84. The number of nitrogens with one attached hydrogen (secondary N) is 1. The Labute approximate surface area is 155 Å². The van der Waals surface area contributed by atoms with Crippen molar-refractivity contribution in [1.82, 2.24) is 10.2 Å². The van der Waals surface area contributed by atoms with Gasteiger partial charge in [0, 0.05) is 24.6 Å². The van der Waals surface area contributed by atoms with Crippen LogP contribution in [-0.4, -0.2) is 17.0 Å². The molecule has 0 spiro atoms. The van der Waals surface area contributed by atoms with Crippen LogP contribution in [0, 0.1) is 0 Å². The number of hydrogen-bond acceptors (Lipinski definition) is 2. The van der Waals surface area contributed by atoms with Crippen molar-refractivity contribution in [2.45, 2.75) is 56.9 Å². The molecule has 1 aromatic carbocycles. The van der Waals surface area contributed by atoms with Gasteiger partial charge in [0.15, 0.2) is 0 Å². The van der Waals surface area contributed by atoms with Crippen molar-refractivity contribution in [3.63, 3.8) is 0 Å². The van der Waals surface area contributed by atoms with Crippen LogP contribution >= 0.6 is 0 Å². The maximum atomic E-state index is 12.9. The summed E-state index contributed by atoms with van der Waals surface area (Å²) in [7, 11) is 0. The smallest absolute Gasteiger partial charge is 0.416 e. The summed E-state index contributed by atoms with van der Waals surface area (Å²) in [4.78, 5) is 14.6. The molecular weight excluding hydrogens is 357 g/mol. The average molecular weight is 378 g/mol. The highest BCUT2D eigenvalue weighted by Crippen LogP contribution is 2.33. The van der Waals surface area contributed by atoms with Gasteiger partial charge < -0.3 is 14.6 Å². The maximum Gasteiger partial charge on any atom is 0.416 e. The standard InChI is InChI=1S/C20H21F3N2O2/c21-20(22,23)14-6-4-13(5-7-14)12-25(15-8-9-15)19(26)24-17-2-1-3-18-16(17)10-11-27-18/h4-7,10-11,15,17H,1-3,8-9,12H2,(H,24,26). The molecule has 27 heavy (non-hydrogen) atoms. The molecule has 0 radical (unpaired) electrons. The Bertz CT molecular complexity index is 809. The molecule has 2 amide bonds. The van der Waals surface area contributed by atoms with Gasteiger partial charge in [0.1, 0.15) is 5.76 Å². The number of nitrogens with zero attached hydrogens (tertiary/aromatic N) is 1. The first kappa shape index (κ1) is 17.9. The van der Waals surface area contributed by atoms with E-state index in [-0.39, 0.29) is 18.1 Å². The number of carbonyl (C=O) groups excluding carboxylic acids is 1. The second-order valence-corrected chi connectivity index (χ2v) is 7.25. The fraction of sp³-hybridized carbons (Fsp3) is 0.450. The van der Waals surface area contributed by atoms with Crippen molar-refractivity contribution in [2.24, 2.45) is 0 Å². The van der Waals surface area contributed by atoms with Gasteiger partial charge in [-0.15, -0.1) is 0 Å². The largest absolute Gasteiger partial charge is 0.469 e. The molecule has 1 N–H and O–H groups in total. The molecular formula is C20H21F3N2O2. The van der Waals surface area contributed by atoms with Crippen LogP contribution in [0.1, 0.15) is 54.2 Å². The van der Waals surface area contributed by atoms with Crippen LogP contribution in [0.4, 0.5) is 18.0 Å². The van der Waals surface area contributed by atoms with Crippen LogP contribution in [0.15, 0.2) is 41.0 Å². The molecule has 0 bridgehead atoms. The Morgan fingerprint density at radius 3 is 2.56 bits per heavy atom. The number of rotatable bonds is 4. The summed E-state index contributed by atoms with van der Waals surface area (Å²) in [5, 5.41) is 3.09. The lowest BCUT2D eigenvalue weighted by atomic mass is 9.93. The first-order valence-electron chi connectivity index (χ1n) is 9.21. The van der Waals surface area contributed by atoms with E-state index in [2.05, 4.69) is 5.32 Å². The van der Waals surface area contributed by atoms with Crippen molar-refractivity contribution in [1.29, 1.82) is 0 Å². The fourth-order valence-electron chi connectivity index (χ4n) is 3.62. The highest BCUT2D eigenvalue weighted by Gasteiger charge is 2.35. The molecule has 2 aliphatic carbocycles. The number of carbonyl (C=O) groups is 1. The molecule has 0 saturated heterocycles. The Morgan fingerprint density at radius 1 is 1.15 bits per heavy atom. The Hall–Kier alpha value is -2.44. The van der Waals surface area contributed by atoms with Gasteiger partial charge in [0.2, 0.25) is 0 Å². The molecule has 1 fully saturated rings. The van der Waals surface area contributed by atoms with Gasteiger partial charge in [-0.05, 0) is 49.4 Å². The third kappa shape index (κ3) is 3.96. The Morgan fingerprint density at radius 2 is 1.89 bits per heavy atom. The quantitative estimate of drug-likeness (QED) is 0.809. The minimum Gasteiger partial charge on any atom is -0.469 e. The molecule has 1 atom stereocenters. The van der Waals surface area contributed by atoms with Gasteiger partial charge in [-0.1, -0.05) is 12.1 Å².